The molecule has 1 amide bonds. The third kappa shape index (κ3) is 5.53. The number of aromatic nitrogens is 2. The topological polar surface area (TPSA) is 119 Å². The molecule has 1 heterocycles. The summed E-state index contributed by atoms with van der Waals surface area (Å²) < 4.78 is 40.2. The van der Waals surface area contributed by atoms with Gasteiger partial charge in [-0.15, -0.1) is 0 Å². The van der Waals surface area contributed by atoms with E-state index in [1.807, 2.05) is 0 Å². The Morgan fingerprint density at radius 2 is 1.85 bits per heavy atom. The van der Waals surface area contributed by atoms with E-state index in [-0.39, 0.29) is 35.8 Å². The second kappa shape index (κ2) is 9.51. The molecule has 0 saturated carbocycles. The number of hydrogen-bond donors (Lipinski definition) is 2. The molecule has 2 N–H and O–H groups in total. The van der Waals surface area contributed by atoms with Crippen LogP contribution < -0.4 is 16.1 Å². The normalized spacial score (nSPS) is 11.2. The molecule has 0 fully saturated rings. The Labute approximate surface area is 185 Å². The fraction of sp³-hybridized carbons (Fsp3) is 0.190. The molecule has 0 aliphatic heterocycles. The number of amides is 1. The lowest BCUT2D eigenvalue weighted by Gasteiger charge is -2.14. The van der Waals surface area contributed by atoms with Crippen LogP contribution in [0.25, 0.3) is 5.69 Å². The summed E-state index contributed by atoms with van der Waals surface area (Å²) >= 11 is 0. The minimum absolute atomic E-state index is 0.00341. The number of nitro benzene ring substituents is 1. The zero-order chi connectivity index (χ0) is 24.2. The van der Waals surface area contributed by atoms with Gasteiger partial charge in [-0.25, -0.2) is 4.68 Å². The van der Waals surface area contributed by atoms with Gasteiger partial charge in [0, 0.05) is 30.9 Å². The number of carbonyl (C=O) groups is 1. The lowest BCUT2D eigenvalue weighted by Crippen LogP contribution is -2.34. The average molecular weight is 461 g/mol. The van der Waals surface area contributed by atoms with Crippen molar-refractivity contribution in [2.24, 2.45) is 0 Å². The minimum Gasteiger partial charge on any atom is -0.378 e. The molecule has 1 aromatic heterocycles. The number of para-hydroxylation sites is 2. The molecule has 2 aromatic carbocycles. The van der Waals surface area contributed by atoms with E-state index in [9.17, 15) is 32.9 Å². The summed E-state index contributed by atoms with van der Waals surface area (Å²) in [7, 11) is 0. The largest absolute Gasteiger partial charge is 0.416 e. The molecule has 0 atom stereocenters. The van der Waals surface area contributed by atoms with Crippen LogP contribution in [-0.4, -0.2) is 33.7 Å². The van der Waals surface area contributed by atoms with Crippen molar-refractivity contribution in [2.45, 2.75) is 13.1 Å². The second-order valence-electron chi connectivity index (χ2n) is 6.92. The third-order valence-corrected chi connectivity index (χ3v) is 4.57. The van der Waals surface area contributed by atoms with Gasteiger partial charge >= 0.3 is 6.18 Å². The van der Waals surface area contributed by atoms with E-state index in [4.69, 9.17) is 0 Å². The molecule has 0 saturated heterocycles. The smallest absolute Gasteiger partial charge is 0.378 e. The van der Waals surface area contributed by atoms with Gasteiger partial charge in [0.05, 0.1) is 16.2 Å². The number of nitrogens with one attached hydrogen (secondary N) is 2. The van der Waals surface area contributed by atoms with Crippen LogP contribution in [0.5, 0.6) is 0 Å². The Kier molecular flexibility index (Phi) is 6.75. The fourth-order valence-corrected chi connectivity index (χ4v) is 3.02. The average Bonchev–Trinajstić information content (AvgIpc) is 2.76. The highest BCUT2D eigenvalue weighted by Gasteiger charge is 2.30. The number of benzene rings is 2. The van der Waals surface area contributed by atoms with Crippen molar-refractivity contribution in [1.82, 2.24) is 15.1 Å². The van der Waals surface area contributed by atoms with Crippen molar-refractivity contribution in [3.8, 4) is 5.69 Å². The van der Waals surface area contributed by atoms with Crippen LogP contribution in [0.15, 0.2) is 59.4 Å². The highest BCUT2D eigenvalue weighted by atomic mass is 19.4. The van der Waals surface area contributed by atoms with E-state index in [1.54, 1.807) is 6.07 Å². The number of alkyl halides is 3. The number of hydrogen-bond acceptors (Lipinski definition) is 6. The number of aryl methyl sites for hydroxylation is 1. The first-order valence-electron chi connectivity index (χ1n) is 9.62. The van der Waals surface area contributed by atoms with E-state index in [0.29, 0.717) is 0 Å². The fourth-order valence-electron chi connectivity index (χ4n) is 3.02. The molecule has 3 rings (SSSR count). The van der Waals surface area contributed by atoms with Crippen LogP contribution in [-0.2, 0) is 6.18 Å². The van der Waals surface area contributed by atoms with Crippen LogP contribution in [0.3, 0.4) is 0 Å². The van der Waals surface area contributed by atoms with Crippen molar-refractivity contribution >= 4 is 17.3 Å². The first kappa shape index (κ1) is 23.4. The Morgan fingerprint density at radius 3 is 2.55 bits per heavy atom. The zero-order valence-electron chi connectivity index (χ0n) is 17.2. The molecule has 0 radical (unpaired) electrons. The number of anilines is 1. The molecule has 9 nitrogen and oxygen atoms in total. The maximum Gasteiger partial charge on any atom is 0.416 e. The molecule has 3 aromatic rings. The van der Waals surface area contributed by atoms with Crippen molar-refractivity contribution < 1.29 is 22.9 Å². The van der Waals surface area contributed by atoms with E-state index >= 15 is 0 Å². The van der Waals surface area contributed by atoms with Gasteiger partial charge in [0.25, 0.3) is 11.6 Å². The molecule has 0 aliphatic rings. The molecule has 0 unspecified atom stereocenters. The Bertz CT molecular complexity index is 1260. The van der Waals surface area contributed by atoms with E-state index in [0.717, 1.165) is 22.9 Å². The lowest BCUT2D eigenvalue weighted by atomic mass is 10.2. The number of rotatable bonds is 7. The number of nitrogens with zero attached hydrogens (tertiary/aromatic N) is 3. The summed E-state index contributed by atoms with van der Waals surface area (Å²) in [6.45, 7) is 1.60. The molecule has 0 spiro atoms. The predicted molar refractivity (Wildman–Crippen MR) is 113 cm³/mol. The van der Waals surface area contributed by atoms with Gasteiger partial charge in [0.1, 0.15) is 5.69 Å². The van der Waals surface area contributed by atoms with E-state index in [2.05, 4.69) is 15.7 Å². The summed E-state index contributed by atoms with van der Waals surface area (Å²) in [6, 6.07) is 11.4. The van der Waals surface area contributed by atoms with Gasteiger partial charge in [0.2, 0.25) is 5.43 Å². The monoisotopic (exact) mass is 461 g/mol. The summed E-state index contributed by atoms with van der Waals surface area (Å²) in [5, 5.41) is 20.3. The highest BCUT2D eigenvalue weighted by molar-refractivity contribution is 5.92. The van der Waals surface area contributed by atoms with Gasteiger partial charge < -0.3 is 10.6 Å². The van der Waals surface area contributed by atoms with Gasteiger partial charge in [0.15, 0.2) is 5.69 Å². The molecular formula is C21H18F3N5O4. The Morgan fingerprint density at radius 1 is 1.12 bits per heavy atom. The molecule has 172 valence electrons. The van der Waals surface area contributed by atoms with Crippen molar-refractivity contribution in [2.75, 3.05) is 18.4 Å². The summed E-state index contributed by atoms with van der Waals surface area (Å²) in [5.74, 6) is -0.829. The Balaban J connectivity index is 1.74. The number of carbonyl (C=O) groups excluding carboxylic acids is 1. The van der Waals surface area contributed by atoms with Gasteiger partial charge in [-0.05, 0) is 31.2 Å². The van der Waals surface area contributed by atoms with Crippen LogP contribution in [0, 0.1) is 17.0 Å². The van der Waals surface area contributed by atoms with Crippen molar-refractivity contribution in [3.63, 3.8) is 0 Å². The summed E-state index contributed by atoms with van der Waals surface area (Å²) in [5.41, 5.74) is -1.68. The first-order chi connectivity index (χ1) is 15.6. The molecule has 12 heteroatoms. The van der Waals surface area contributed by atoms with E-state index in [1.165, 1.54) is 37.3 Å². The molecular weight excluding hydrogens is 443 g/mol. The maximum absolute atomic E-state index is 13.0. The van der Waals surface area contributed by atoms with E-state index < -0.39 is 33.7 Å². The quantitative estimate of drug-likeness (QED) is 0.317. The van der Waals surface area contributed by atoms with Crippen LogP contribution in [0.4, 0.5) is 24.5 Å². The summed E-state index contributed by atoms with van der Waals surface area (Å²) in [4.78, 5) is 35.2. The molecule has 33 heavy (non-hydrogen) atoms. The third-order valence-electron chi connectivity index (χ3n) is 4.57. The summed E-state index contributed by atoms with van der Waals surface area (Å²) in [6.07, 6.45) is -4.57. The highest BCUT2D eigenvalue weighted by Crippen LogP contribution is 2.30. The van der Waals surface area contributed by atoms with Crippen LogP contribution in [0.2, 0.25) is 0 Å². The van der Waals surface area contributed by atoms with Gasteiger partial charge in [-0.2, -0.15) is 18.3 Å². The number of nitro groups is 1. The maximum atomic E-state index is 13.0. The Hall–Kier alpha value is -4.22. The second-order valence-corrected chi connectivity index (χ2v) is 6.92. The van der Waals surface area contributed by atoms with Gasteiger partial charge in [-0.3, -0.25) is 19.7 Å². The van der Waals surface area contributed by atoms with Crippen LogP contribution in [0.1, 0.15) is 21.7 Å². The number of halogens is 3. The lowest BCUT2D eigenvalue weighted by molar-refractivity contribution is -0.384. The van der Waals surface area contributed by atoms with Crippen LogP contribution >= 0.6 is 0 Å². The standard InChI is InChI=1S/C21H18F3N5O4/c1-13-11-18(30)19(27-28(13)15-6-4-5-14(12-15)21(22,23)24)20(31)26-10-9-25-16-7-2-3-8-17(16)29(32)33/h2-8,11-12,25H,9-10H2,1H3,(H,26,31). The first-order valence-corrected chi connectivity index (χ1v) is 9.62. The molecule has 0 aliphatic carbocycles. The van der Waals surface area contributed by atoms with Gasteiger partial charge in [-0.1, -0.05) is 18.2 Å². The predicted octanol–water partition coefficient (Wildman–Crippen LogP) is 3.31. The zero-order valence-corrected chi connectivity index (χ0v) is 17.2. The minimum atomic E-state index is -4.57. The van der Waals surface area contributed by atoms with Crippen molar-refractivity contribution in [1.29, 1.82) is 0 Å². The SMILES string of the molecule is Cc1cc(=O)c(C(=O)NCCNc2ccccc2[N+](=O)[O-])nn1-c1cccc(C(F)(F)F)c1. The van der Waals surface area contributed by atoms with Crippen molar-refractivity contribution in [3.05, 3.63) is 91.9 Å². The molecule has 0 bridgehead atoms.